The Morgan fingerprint density at radius 3 is 3.15 bits per heavy atom. The fraction of sp³-hybridized carbons (Fsp3) is 0.462. The summed E-state index contributed by atoms with van der Waals surface area (Å²) in [6.07, 6.45) is 2.48. The van der Waals surface area contributed by atoms with Crippen molar-refractivity contribution in [3.8, 4) is 0 Å². The van der Waals surface area contributed by atoms with Crippen molar-refractivity contribution in [1.82, 2.24) is 15.2 Å². The topological polar surface area (TPSA) is 74.5 Å². The SMILES string of the molecule is CCN1CNC2=C1CN(c1ncccc1[N+](=O)[O-])CC2. The van der Waals surface area contributed by atoms with Crippen LogP contribution < -0.4 is 10.2 Å². The van der Waals surface area contributed by atoms with Crippen molar-refractivity contribution in [2.75, 3.05) is 31.2 Å². The van der Waals surface area contributed by atoms with Gasteiger partial charge in [-0.25, -0.2) is 4.98 Å². The Kier molecular flexibility index (Phi) is 3.17. The first-order valence-corrected chi connectivity index (χ1v) is 6.76. The minimum absolute atomic E-state index is 0.0746. The summed E-state index contributed by atoms with van der Waals surface area (Å²) in [5.41, 5.74) is 2.57. The molecule has 2 aliphatic heterocycles. The molecule has 1 aromatic heterocycles. The lowest BCUT2D eigenvalue weighted by Crippen LogP contribution is -2.36. The molecule has 0 amide bonds. The van der Waals surface area contributed by atoms with Gasteiger partial charge < -0.3 is 15.1 Å². The minimum atomic E-state index is -0.364. The van der Waals surface area contributed by atoms with Gasteiger partial charge in [0.2, 0.25) is 5.82 Å². The quantitative estimate of drug-likeness (QED) is 0.662. The Labute approximate surface area is 117 Å². The van der Waals surface area contributed by atoms with E-state index in [1.807, 2.05) is 4.90 Å². The predicted octanol–water partition coefficient (Wildman–Crippen LogP) is 1.29. The average Bonchev–Trinajstić information content (AvgIpc) is 2.89. The van der Waals surface area contributed by atoms with Crippen LogP contribution in [0.2, 0.25) is 0 Å². The van der Waals surface area contributed by atoms with Crippen LogP contribution >= 0.6 is 0 Å². The highest BCUT2D eigenvalue weighted by Crippen LogP contribution is 2.31. The van der Waals surface area contributed by atoms with Crippen molar-refractivity contribution in [1.29, 1.82) is 0 Å². The second kappa shape index (κ2) is 4.99. The lowest BCUT2D eigenvalue weighted by molar-refractivity contribution is -0.384. The molecule has 20 heavy (non-hydrogen) atoms. The van der Waals surface area contributed by atoms with E-state index < -0.39 is 0 Å². The fourth-order valence-corrected chi connectivity index (χ4v) is 2.77. The monoisotopic (exact) mass is 275 g/mol. The van der Waals surface area contributed by atoms with E-state index in [9.17, 15) is 10.1 Å². The molecule has 0 bridgehead atoms. The van der Waals surface area contributed by atoms with Gasteiger partial charge in [-0.05, 0) is 13.0 Å². The van der Waals surface area contributed by atoms with Crippen LogP contribution in [0, 0.1) is 10.1 Å². The summed E-state index contributed by atoms with van der Waals surface area (Å²) in [5.74, 6) is 0.465. The molecule has 0 spiro atoms. The van der Waals surface area contributed by atoms with E-state index in [4.69, 9.17) is 0 Å². The number of rotatable bonds is 3. The van der Waals surface area contributed by atoms with Gasteiger partial charge in [0.1, 0.15) is 0 Å². The van der Waals surface area contributed by atoms with E-state index in [0.29, 0.717) is 12.4 Å². The molecule has 2 aliphatic rings. The molecule has 0 aromatic carbocycles. The standard InChI is InChI=1S/C13H17N5O2/c1-2-16-9-15-10-5-7-17(8-12(10)16)13-11(18(19)20)4-3-6-14-13/h3-4,6,15H,2,5,7-9H2,1H3. The van der Waals surface area contributed by atoms with Gasteiger partial charge >= 0.3 is 5.69 Å². The van der Waals surface area contributed by atoms with Crippen LogP contribution in [0.25, 0.3) is 0 Å². The lowest BCUT2D eigenvalue weighted by atomic mass is 10.1. The second-order valence-corrected chi connectivity index (χ2v) is 4.89. The summed E-state index contributed by atoms with van der Waals surface area (Å²) in [6.45, 7) is 5.30. The molecule has 3 heterocycles. The maximum Gasteiger partial charge on any atom is 0.311 e. The summed E-state index contributed by atoms with van der Waals surface area (Å²) in [5, 5.41) is 14.5. The van der Waals surface area contributed by atoms with Crippen molar-refractivity contribution < 1.29 is 4.92 Å². The first-order chi connectivity index (χ1) is 9.70. The van der Waals surface area contributed by atoms with Gasteiger partial charge in [-0.15, -0.1) is 0 Å². The van der Waals surface area contributed by atoms with E-state index in [0.717, 1.165) is 26.2 Å². The van der Waals surface area contributed by atoms with E-state index in [-0.39, 0.29) is 10.6 Å². The van der Waals surface area contributed by atoms with Gasteiger partial charge in [0.15, 0.2) is 0 Å². The Morgan fingerprint density at radius 2 is 2.40 bits per heavy atom. The van der Waals surface area contributed by atoms with Crippen molar-refractivity contribution >= 4 is 11.5 Å². The van der Waals surface area contributed by atoms with Gasteiger partial charge in [-0.2, -0.15) is 0 Å². The Balaban J connectivity index is 1.89. The molecule has 3 rings (SSSR count). The molecule has 1 N–H and O–H groups in total. The smallest absolute Gasteiger partial charge is 0.311 e. The molecular weight excluding hydrogens is 258 g/mol. The van der Waals surface area contributed by atoms with Gasteiger partial charge in [0, 0.05) is 37.5 Å². The number of pyridine rings is 1. The largest absolute Gasteiger partial charge is 0.370 e. The molecule has 0 saturated carbocycles. The normalized spacial score (nSPS) is 18.1. The average molecular weight is 275 g/mol. The van der Waals surface area contributed by atoms with Crippen LogP contribution in [-0.2, 0) is 0 Å². The van der Waals surface area contributed by atoms with Crippen LogP contribution in [0.5, 0.6) is 0 Å². The third-order valence-corrected chi connectivity index (χ3v) is 3.83. The summed E-state index contributed by atoms with van der Waals surface area (Å²) >= 11 is 0. The van der Waals surface area contributed by atoms with E-state index in [1.165, 1.54) is 17.5 Å². The van der Waals surface area contributed by atoms with E-state index in [2.05, 4.69) is 22.1 Å². The van der Waals surface area contributed by atoms with Crippen molar-refractivity contribution in [3.05, 3.63) is 39.8 Å². The van der Waals surface area contributed by atoms with Gasteiger partial charge in [0.25, 0.3) is 0 Å². The summed E-state index contributed by atoms with van der Waals surface area (Å²) in [7, 11) is 0. The molecule has 0 aliphatic carbocycles. The Morgan fingerprint density at radius 1 is 1.55 bits per heavy atom. The third kappa shape index (κ3) is 2.04. The van der Waals surface area contributed by atoms with Crippen molar-refractivity contribution in [2.45, 2.75) is 13.3 Å². The molecule has 0 atom stereocenters. The molecule has 0 saturated heterocycles. The van der Waals surface area contributed by atoms with E-state index in [1.54, 1.807) is 12.3 Å². The third-order valence-electron chi connectivity index (χ3n) is 3.83. The van der Waals surface area contributed by atoms with Gasteiger partial charge in [0.05, 0.1) is 23.8 Å². The molecule has 7 heteroatoms. The van der Waals surface area contributed by atoms with Gasteiger partial charge in [-0.1, -0.05) is 0 Å². The molecule has 0 fully saturated rings. The Bertz CT molecular complexity index is 572. The number of anilines is 1. The zero-order valence-electron chi connectivity index (χ0n) is 11.4. The highest BCUT2D eigenvalue weighted by molar-refractivity contribution is 5.58. The zero-order chi connectivity index (χ0) is 14.1. The second-order valence-electron chi connectivity index (χ2n) is 4.89. The number of aromatic nitrogens is 1. The number of nitro groups is 1. The van der Waals surface area contributed by atoms with Crippen LogP contribution in [0.3, 0.4) is 0 Å². The van der Waals surface area contributed by atoms with Crippen LogP contribution in [-0.4, -0.2) is 41.1 Å². The molecule has 0 unspecified atom stereocenters. The molecule has 1 aromatic rings. The molecule has 7 nitrogen and oxygen atoms in total. The number of likely N-dealkylation sites (N-methyl/N-ethyl adjacent to an activating group) is 1. The Hall–Kier alpha value is -2.31. The first-order valence-electron chi connectivity index (χ1n) is 6.76. The number of nitrogens with one attached hydrogen (secondary N) is 1. The summed E-state index contributed by atoms with van der Waals surface area (Å²) < 4.78 is 0. The number of hydrogen-bond donors (Lipinski definition) is 1. The lowest BCUT2D eigenvalue weighted by Gasteiger charge is -2.31. The zero-order valence-corrected chi connectivity index (χ0v) is 11.4. The van der Waals surface area contributed by atoms with Crippen LogP contribution in [0.4, 0.5) is 11.5 Å². The molecule has 106 valence electrons. The highest BCUT2D eigenvalue weighted by atomic mass is 16.6. The van der Waals surface area contributed by atoms with Crippen LogP contribution in [0.1, 0.15) is 13.3 Å². The molecular formula is C13H17N5O2. The van der Waals surface area contributed by atoms with Crippen molar-refractivity contribution in [2.24, 2.45) is 0 Å². The van der Waals surface area contributed by atoms with Gasteiger partial charge in [-0.3, -0.25) is 10.1 Å². The summed E-state index contributed by atoms with van der Waals surface area (Å²) in [6, 6.07) is 3.11. The number of nitrogens with zero attached hydrogens (tertiary/aromatic N) is 4. The van der Waals surface area contributed by atoms with E-state index >= 15 is 0 Å². The van der Waals surface area contributed by atoms with Crippen LogP contribution in [0.15, 0.2) is 29.7 Å². The predicted molar refractivity (Wildman–Crippen MR) is 75.1 cm³/mol. The fourth-order valence-electron chi connectivity index (χ4n) is 2.77. The van der Waals surface area contributed by atoms with Crippen molar-refractivity contribution in [3.63, 3.8) is 0 Å². The first kappa shape index (κ1) is 12.7. The highest BCUT2D eigenvalue weighted by Gasteiger charge is 2.30. The number of hydrogen-bond acceptors (Lipinski definition) is 6. The minimum Gasteiger partial charge on any atom is -0.370 e. The molecule has 0 radical (unpaired) electrons. The maximum absolute atomic E-state index is 11.1. The maximum atomic E-state index is 11.1. The summed E-state index contributed by atoms with van der Waals surface area (Å²) in [4.78, 5) is 19.2.